The molecule has 0 aliphatic carbocycles. The molecule has 3 N–H and O–H groups in total. The van der Waals surface area contributed by atoms with Gasteiger partial charge >= 0.3 is 17.9 Å². The predicted octanol–water partition coefficient (Wildman–Crippen LogP) is 5.90. The van der Waals surface area contributed by atoms with Crippen LogP contribution < -0.4 is 5.32 Å². The van der Waals surface area contributed by atoms with Crippen LogP contribution in [0.5, 0.6) is 0 Å². The average Bonchev–Trinajstić information content (AvgIpc) is 2.97. The number of dihydropyridines is 1. The first kappa shape index (κ1) is 30.6. The molecule has 0 amide bonds. The summed E-state index contributed by atoms with van der Waals surface area (Å²) in [4.78, 5) is 37.3. The number of hydrogen-bond acceptors (Lipinski definition) is 6. The maximum atomic E-state index is 13.8. The fraction of sp³-hybridized carbons (Fsp3) is 0.242. The number of carboxylic acid groups (broad SMARTS) is 2. The molecule has 42 heavy (non-hydrogen) atoms. The highest BCUT2D eigenvalue weighted by Gasteiger charge is 2.38. The van der Waals surface area contributed by atoms with Crippen LogP contribution in [-0.4, -0.2) is 47.9 Å². The topological polar surface area (TPSA) is 122 Å². The van der Waals surface area contributed by atoms with Crippen molar-refractivity contribution in [2.75, 3.05) is 19.8 Å². The molecule has 0 saturated carbocycles. The zero-order valence-corrected chi connectivity index (χ0v) is 23.8. The molecule has 0 fully saturated rings. The standard InChI is InChI=1S/C33H32ClNO7/c1-21-29(32(38)39)30(24-13-8-14-25(34)19-24)31(27(35-21)20-41-17-16-28(36)37)33(40)42-18-15-26(22-9-4-2-5-10-22)23-11-6-3-7-12-23/h2-14,19,26,30,35H,15-18,20H2,1H3,(H,36,37)(H,38,39). The van der Waals surface area contributed by atoms with Gasteiger partial charge in [-0.2, -0.15) is 0 Å². The quantitative estimate of drug-likeness (QED) is 0.166. The SMILES string of the molecule is CC1=C(C(=O)O)C(c2cccc(Cl)c2)C(C(=O)OCCC(c2ccccc2)c2ccccc2)=C(COCCC(=O)O)N1. The summed E-state index contributed by atoms with van der Waals surface area (Å²) in [5.41, 5.74) is 3.34. The van der Waals surface area contributed by atoms with Crippen LogP contribution in [0.4, 0.5) is 0 Å². The molecule has 4 rings (SSSR count). The minimum Gasteiger partial charge on any atom is -0.481 e. The Morgan fingerprint density at radius 1 is 0.881 bits per heavy atom. The van der Waals surface area contributed by atoms with Crippen LogP contribution in [0, 0.1) is 0 Å². The second kappa shape index (κ2) is 14.5. The number of aliphatic carboxylic acids is 2. The third-order valence-electron chi connectivity index (χ3n) is 7.03. The van der Waals surface area contributed by atoms with Crippen molar-refractivity contribution < 1.29 is 34.1 Å². The highest BCUT2D eigenvalue weighted by Crippen LogP contribution is 2.40. The highest BCUT2D eigenvalue weighted by atomic mass is 35.5. The van der Waals surface area contributed by atoms with Gasteiger partial charge in [-0.15, -0.1) is 0 Å². The first-order chi connectivity index (χ1) is 20.3. The molecule has 0 radical (unpaired) electrons. The van der Waals surface area contributed by atoms with Crippen LogP contribution in [0.1, 0.15) is 48.3 Å². The average molecular weight is 590 g/mol. The van der Waals surface area contributed by atoms with E-state index in [0.29, 0.717) is 28.4 Å². The normalized spacial score (nSPS) is 15.0. The number of carbonyl (C=O) groups is 3. The summed E-state index contributed by atoms with van der Waals surface area (Å²) >= 11 is 6.27. The summed E-state index contributed by atoms with van der Waals surface area (Å²) in [7, 11) is 0. The lowest BCUT2D eigenvalue weighted by atomic mass is 9.80. The van der Waals surface area contributed by atoms with Gasteiger partial charge in [0.1, 0.15) is 0 Å². The third kappa shape index (κ3) is 7.66. The zero-order chi connectivity index (χ0) is 30.1. The lowest BCUT2D eigenvalue weighted by molar-refractivity contribution is -0.140. The first-order valence-electron chi connectivity index (χ1n) is 13.5. The molecule has 0 aromatic heterocycles. The molecule has 1 unspecified atom stereocenters. The molecule has 3 aromatic rings. The molecule has 0 bridgehead atoms. The molecule has 1 aliphatic rings. The second-order valence-corrected chi connectivity index (χ2v) is 10.3. The third-order valence-corrected chi connectivity index (χ3v) is 7.26. The fourth-order valence-corrected chi connectivity index (χ4v) is 5.33. The predicted molar refractivity (Wildman–Crippen MR) is 158 cm³/mol. The summed E-state index contributed by atoms with van der Waals surface area (Å²) in [5.74, 6) is -3.94. The second-order valence-electron chi connectivity index (χ2n) is 9.84. The van der Waals surface area contributed by atoms with Gasteiger partial charge in [0, 0.05) is 16.6 Å². The van der Waals surface area contributed by atoms with E-state index in [4.69, 9.17) is 26.2 Å². The number of nitrogens with one attached hydrogen (secondary N) is 1. The van der Waals surface area contributed by atoms with Crippen LogP contribution >= 0.6 is 11.6 Å². The zero-order valence-electron chi connectivity index (χ0n) is 23.1. The van der Waals surface area contributed by atoms with E-state index in [1.807, 2.05) is 60.7 Å². The van der Waals surface area contributed by atoms with E-state index in [0.717, 1.165) is 11.1 Å². The van der Waals surface area contributed by atoms with Gasteiger partial charge in [0.05, 0.1) is 49.0 Å². The fourth-order valence-electron chi connectivity index (χ4n) is 5.13. The molecular formula is C33H32ClNO7. The van der Waals surface area contributed by atoms with Crippen molar-refractivity contribution in [2.24, 2.45) is 0 Å². The number of halogens is 1. The van der Waals surface area contributed by atoms with Crippen molar-refractivity contribution in [3.05, 3.63) is 129 Å². The molecule has 0 spiro atoms. The van der Waals surface area contributed by atoms with Crippen LogP contribution in [0.15, 0.2) is 107 Å². The van der Waals surface area contributed by atoms with Gasteiger partial charge in [0.25, 0.3) is 0 Å². The van der Waals surface area contributed by atoms with E-state index in [1.54, 1.807) is 31.2 Å². The van der Waals surface area contributed by atoms with Gasteiger partial charge < -0.3 is 25.0 Å². The summed E-state index contributed by atoms with van der Waals surface area (Å²) in [6, 6.07) is 26.5. The van der Waals surface area contributed by atoms with Crippen molar-refractivity contribution >= 4 is 29.5 Å². The van der Waals surface area contributed by atoms with Gasteiger partial charge in [0.2, 0.25) is 0 Å². The van der Waals surface area contributed by atoms with Gasteiger partial charge in [-0.05, 0) is 42.2 Å². The summed E-state index contributed by atoms with van der Waals surface area (Å²) in [6.45, 7) is 1.44. The molecule has 3 aromatic carbocycles. The number of rotatable bonds is 13. The number of ether oxygens (including phenoxy) is 2. The van der Waals surface area contributed by atoms with Crippen molar-refractivity contribution in [1.29, 1.82) is 0 Å². The monoisotopic (exact) mass is 589 g/mol. The minimum absolute atomic E-state index is 0.0232. The molecule has 1 heterocycles. The van der Waals surface area contributed by atoms with Crippen LogP contribution in [0.2, 0.25) is 5.02 Å². The van der Waals surface area contributed by atoms with Crippen LogP contribution in [0.25, 0.3) is 0 Å². The Morgan fingerprint density at radius 3 is 2.10 bits per heavy atom. The first-order valence-corrected chi connectivity index (χ1v) is 13.9. The van der Waals surface area contributed by atoms with E-state index in [2.05, 4.69) is 5.32 Å². The van der Waals surface area contributed by atoms with E-state index >= 15 is 0 Å². The highest BCUT2D eigenvalue weighted by molar-refractivity contribution is 6.30. The molecular weight excluding hydrogens is 558 g/mol. The molecule has 0 saturated heterocycles. The maximum Gasteiger partial charge on any atom is 0.336 e. The number of allylic oxidation sites excluding steroid dienone is 1. The van der Waals surface area contributed by atoms with Gasteiger partial charge in [-0.3, -0.25) is 4.79 Å². The van der Waals surface area contributed by atoms with Gasteiger partial charge in [-0.1, -0.05) is 84.4 Å². The Hall–Kier alpha value is -4.40. The van der Waals surface area contributed by atoms with Crippen molar-refractivity contribution in [3.8, 4) is 0 Å². The van der Waals surface area contributed by atoms with Gasteiger partial charge in [-0.25, -0.2) is 9.59 Å². The van der Waals surface area contributed by atoms with E-state index in [9.17, 15) is 19.5 Å². The lowest BCUT2D eigenvalue weighted by Crippen LogP contribution is -2.34. The summed E-state index contributed by atoms with van der Waals surface area (Å²) < 4.78 is 11.4. The largest absolute Gasteiger partial charge is 0.481 e. The Kier molecular flexibility index (Phi) is 10.5. The molecule has 218 valence electrons. The number of hydrogen-bond donors (Lipinski definition) is 3. The molecule has 8 nitrogen and oxygen atoms in total. The minimum atomic E-state index is -1.20. The Morgan fingerprint density at radius 2 is 1.52 bits per heavy atom. The van der Waals surface area contributed by atoms with E-state index < -0.39 is 23.8 Å². The molecule has 1 aliphatic heterocycles. The Balaban J connectivity index is 1.65. The Bertz CT molecular complexity index is 1450. The smallest absolute Gasteiger partial charge is 0.336 e. The number of esters is 1. The number of benzene rings is 3. The molecule has 1 atom stereocenters. The van der Waals surface area contributed by atoms with E-state index in [1.165, 1.54) is 0 Å². The van der Waals surface area contributed by atoms with Crippen molar-refractivity contribution in [3.63, 3.8) is 0 Å². The number of carbonyl (C=O) groups excluding carboxylic acids is 1. The van der Waals surface area contributed by atoms with Crippen LogP contribution in [-0.2, 0) is 23.9 Å². The number of carboxylic acids is 2. The lowest BCUT2D eigenvalue weighted by Gasteiger charge is -2.31. The van der Waals surface area contributed by atoms with E-state index in [-0.39, 0.29) is 43.3 Å². The van der Waals surface area contributed by atoms with Crippen molar-refractivity contribution in [2.45, 2.75) is 31.6 Å². The van der Waals surface area contributed by atoms with Crippen LogP contribution in [0.3, 0.4) is 0 Å². The Labute approximate surface area is 249 Å². The summed E-state index contributed by atoms with van der Waals surface area (Å²) in [5, 5.41) is 22.5. The molecule has 9 heteroatoms. The van der Waals surface area contributed by atoms with Crippen molar-refractivity contribution in [1.82, 2.24) is 5.32 Å². The summed E-state index contributed by atoms with van der Waals surface area (Å²) in [6.07, 6.45) is 0.272. The maximum absolute atomic E-state index is 13.8. The van der Waals surface area contributed by atoms with Gasteiger partial charge in [0.15, 0.2) is 0 Å².